The first kappa shape index (κ1) is 16.5. The molecule has 1 aromatic carbocycles. The second-order valence-corrected chi connectivity index (χ2v) is 6.74. The highest BCUT2D eigenvalue weighted by Gasteiger charge is 2.16. The van der Waals surface area contributed by atoms with Gasteiger partial charge in [-0.15, -0.1) is 11.3 Å². The van der Waals surface area contributed by atoms with E-state index in [1.54, 1.807) is 23.8 Å². The Morgan fingerprint density at radius 1 is 1.30 bits per heavy atom. The summed E-state index contributed by atoms with van der Waals surface area (Å²) in [6.07, 6.45) is 0. The number of rotatable bonds is 4. The minimum absolute atomic E-state index is 0.0631. The maximum atomic E-state index is 12.9. The number of benzene rings is 1. The Labute approximate surface area is 147 Å². The number of ether oxygens (including phenoxy) is 1. The van der Waals surface area contributed by atoms with Crippen molar-refractivity contribution in [2.24, 2.45) is 0 Å². The molecule has 2 aromatic heterocycles. The fourth-order valence-electron chi connectivity index (χ4n) is 2.45. The molecule has 3 rings (SSSR count). The largest absolute Gasteiger partial charge is 0.383 e. The van der Waals surface area contributed by atoms with Crippen molar-refractivity contribution in [2.75, 3.05) is 13.7 Å². The Morgan fingerprint density at radius 3 is 2.78 bits per heavy atom. The Morgan fingerprint density at radius 2 is 2.09 bits per heavy atom. The van der Waals surface area contributed by atoms with Crippen molar-refractivity contribution < 1.29 is 4.74 Å². The Balaban J connectivity index is 2.22. The maximum absolute atomic E-state index is 12.9. The summed E-state index contributed by atoms with van der Waals surface area (Å²) in [5, 5.41) is 3.48. The highest BCUT2D eigenvalue weighted by Crippen LogP contribution is 2.34. The van der Waals surface area contributed by atoms with E-state index in [-0.39, 0.29) is 5.56 Å². The van der Waals surface area contributed by atoms with Gasteiger partial charge in [-0.3, -0.25) is 9.36 Å². The molecule has 0 aliphatic heterocycles. The van der Waals surface area contributed by atoms with Gasteiger partial charge in [0.05, 0.1) is 28.6 Å². The average Bonchev–Trinajstić information content (AvgIpc) is 2.93. The molecule has 0 aliphatic carbocycles. The molecule has 120 valence electrons. The van der Waals surface area contributed by atoms with Crippen molar-refractivity contribution in [1.82, 2.24) is 9.55 Å². The number of halogens is 2. The zero-order valence-corrected chi connectivity index (χ0v) is 14.9. The van der Waals surface area contributed by atoms with Crippen LogP contribution < -0.4 is 5.56 Å². The molecule has 7 heteroatoms. The van der Waals surface area contributed by atoms with Gasteiger partial charge >= 0.3 is 0 Å². The molecule has 0 fully saturated rings. The minimum Gasteiger partial charge on any atom is -0.383 e. The smallest absolute Gasteiger partial charge is 0.262 e. The van der Waals surface area contributed by atoms with Gasteiger partial charge in [0.2, 0.25) is 0 Å². The number of thiophene rings is 1. The Bertz CT molecular complexity index is 934. The molecule has 4 nitrogen and oxygen atoms in total. The highest BCUT2D eigenvalue weighted by atomic mass is 35.5. The first-order chi connectivity index (χ1) is 11.0. The number of hydrogen-bond donors (Lipinski definition) is 0. The summed E-state index contributed by atoms with van der Waals surface area (Å²) in [4.78, 5) is 18.1. The highest BCUT2D eigenvalue weighted by molar-refractivity contribution is 7.17. The first-order valence-electron chi connectivity index (χ1n) is 6.96. The molecule has 23 heavy (non-hydrogen) atoms. The van der Waals surface area contributed by atoms with Crippen molar-refractivity contribution >= 4 is 44.8 Å². The van der Waals surface area contributed by atoms with Gasteiger partial charge in [-0.2, -0.15) is 0 Å². The monoisotopic (exact) mass is 368 g/mol. The van der Waals surface area contributed by atoms with Crippen LogP contribution in [0.15, 0.2) is 28.4 Å². The molecule has 0 spiro atoms. The molecule has 0 aliphatic rings. The van der Waals surface area contributed by atoms with Gasteiger partial charge < -0.3 is 4.74 Å². The first-order valence-corrected chi connectivity index (χ1v) is 8.59. The quantitative estimate of drug-likeness (QED) is 0.685. The number of aromatic nitrogens is 2. The van der Waals surface area contributed by atoms with Gasteiger partial charge in [-0.05, 0) is 24.6 Å². The molecule has 0 radical (unpaired) electrons. The molecule has 2 heterocycles. The van der Waals surface area contributed by atoms with Crippen molar-refractivity contribution in [3.63, 3.8) is 0 Å². The van der Waals surface area contributed by atoms with E-state index >= 15 is 0 Å². The molecular formula is C16H14Cl2N2O2S. The van der Waals surface area contributed by atoms with Crippen LogP contribution in [-0.2, 0) is 11.3 Å². The summed E-state index contributed by atoms with van der Waals surface area (Å²) in [6, 6.07) is 5.35. The summed E-state index contributed by atoms with van der Waals surface area (Å²) in [6.45, 7) is 2.76. The van der Waals surface area contributed by atoms with E-state index in [9.17, 15) is 4.79 Å². The van der Waals surface area contributed by atoms with E-state index in [1.165, 1.54) is 11.3 Å². The van der Waals surface area contributed by atoms with Crippen LogP contribution in [0.3, 0.4) is 0 Å². The topological polar surface area (TPSA) is 44.1 Å². The molecule has 0 unspecified atom stereocenters. The Kier molecular flexibility index (Phi) is 4.73. The molecule has 0 saturated heterocycles. The summed E-state index contributed by atoms with van der Waals surface area (Å²) in [5.74, 6) is 0.682. The fraction of sp³-hybridized carbons (Fsp3) is 0.250. The van der Waals surface area contributed by atoms with Gasteiger partial charge in [-0.25, -0.2) is 4.98 Å². The van der Waals surface area contributed by atoms with Crippen LogP contribution in [0.4, 0.5) is 0 Å². The second kappa shape index (κ2) is 6.61. The number of aryl methyl sites for hydroxylation is 1. The standard InChI is InChI=1S/C16H14Cl2N2O2S/c1-9-19-15-14(16(21)20(9)5-6-22-2)11(8-23-15)10-3-4-12(17)13(18)7-10/h3-4,7-8H,5-6H2,1-2H3. The van der Waals surface area contributed by atoms with Crippen molar-refractivity contribution in [1.29, 1.82) is 0 Å². The SMILES string of the molecule is COCCn1c(C)nc2scc(-c3ccc(Cl)c(Cl)c3)c2c1=O. The predicted molar refractivity (Wildman–Crippen MR) is 95.9 cm³/mol. The van der Waals surface area contributed by atoms with Crippen LogP contribution >= 0.6 is 34.5 Å². The lowest BCUT2D eigenvalue weighted by molar-refractivity contribution is 0.185. The summed E-state index contributed by atoms with van der Waals surface area (Å²) in [7, 11) is 1.61. The Hall–Kier alpha value is -1.40. The van der Waals surface area contributed by atoms with E-state index in [1.807, 2.05) is 18.4 Å². The van der Waals surface area contributed by atoms with Crippen molar-refractivity contribution in [2.45, 2.75) is 13.5 Å². The normalized spacial score (nSPS) is 11.3. The average molecular weight is 369 g/mol. The summed E-state index contributed by atoms with van der Waals surface area (Å²) >= 11 is 13.5. The van der Waals surface area contributed by atoms with Gasteiger partial charge in [0.1, 0.15) is 10.7 Å². The van der Waals surface area contributed by atoms with Gasteiger partial charge in [0, 0.05) is 18.1 Å². The molecule has 0 atom stereocenters. The molecule has 0 saturated carbocycles. The summed E-state index contributed by atoms with van der Waals surface area (Å²) < 4.78 is 6.71. The van der Waals surface area contributed by atoms with Crippen molar-refractivity contribution in [3.8, 4) is 11.1 Å². The van der Waals surface area contributed by atoms with Crippen LogP contribution in [0, 0.1) is 6.92 Å². The zero-order chi connectivity index (χ0) is 16.6. The lowest BCUT2D eigenvalue weighted by Crippen LogP contribution is -2.25. The van der Waals surface area contributed by atoms with Gasteiger partial charge in [0.25, 0.3) is 5.56 Å². The van der Waals surface area contributed by atoms with E-state index in [4.69, 9.17) is 27.9 Å². The molecule has 0 bridgehead atoms. The third-order valence-corrected chi connectivity index (χ3v) is 5.25. The van der Waals surface area contributed by atoms with Crippen LogP contribution in [-0.4, -0.2) is 23.3 Å². The van der Waals surface area contributed by atoms with Crippen molar-refractivity contribution in [3.05, 3.63) is 49.8 Å². The molecule has 0 N–H and O–H groups in total. The maximum Gasteiger partial charge on any atom is 0.262 e. The van der Waals surface area contributed by atoms with E-state index in [0.717, 1.165) is 16.0 Å². The number of nitrogens with zero attached hydrogens (tertiary/aromatic N) is 2. The molecule has 0 amide bonds. The van der Waals surface area contributed by atoms with Crippen LogP contribution in [0.5, 0.6) is 0 Å². The van der Waals surface area contributed by atoms with Crippen LogP contribution in [0.1, 0.15) is 5.82 Å². The lowest BCUT2D eigenvalue weighted by Gasteiger charge is -2.09. The van der Waals surface area contributed by atoms with E-state index in [2.05, 4.69) is 4.98 Å². The molecular weight excluding hydrogens is 355 g/mol. The van der Waals surface area contributed by atoms with Gasteiger partial charge in [-0.1, -0.05) is 29.3 Å². The second-order valence-electron chi connectivity index (χ2n) is 5.07. The lowest BCUT2D eigenvalue weighted by atomic mass is 10.1. The van der Waals surface area contributed by atoms with E-state index in [0.29, 0.717) is 34.4 Å². The third-order valence-electron chi connectivity index (χ3n) is 3.63. The predicted octanol–water partition coefficient (Wildman–Crippen LogP) is 4.39. The third kappa shape index (κ3) is 3.02. The number of hydrogen-bond acceptors (Lipinski definition) is 4. The molecule has 3 aromatic rings. The number of methoxy groups -OCH3 is 1. The zero-order valence-electron chi connectivity index (χ0n) is 12.6. The van der Waals surface area contributed by atoms with Crippen LogP contribution in [0.25, 0.3) is 21.3 Å². The van der Waals surface area contributed by atoms with E-state index < -0.39 is 0 Å². The summed E-state index contributed by atoms with van der Waals surface area (Å²) in [5.41, 5.74) is 1.62. The number of fused-ring (bicyclic) bond motifs is 1. The minimum atomic E-state index is -0.0631. The fourth-order valence-corrected chi connectivity index (χ4v) is 3.73. The van der Waals surface area contributed by atoms with Crippen LogP contribution in [0.2, 0.25) is 10.0 Å². The van der Waals surface area contributed by atoms with Gasteiger partial charge in [0.15, 0.2) is 0 Å².